The first-order valence-electron chi connectivity index (χ1n) is 10.0. The van der Waals surface area contributed by atoms with Gasteiger partial charge >= 0.3 is 0 Å². The first kappa shape index (κ1) is 21.5. The molecule has 2 aromatic carbocycles. The Morgan fingerprint density at radius 3 is 2.28 bits per heavy atom. The lowest BCUT2D eigenvalue weighted by molar-refractivity contribution is 0.0956. The van der Waals surface area contributed by atoms with Crippen LogP contribution in [0.5, 0.6) is 0 Å². The molecule has 0 radical (unpaired) electrons. The standard InChI is InChI=1S/C22H29N3O3S/c1-19-7-9-21(10-8-19)22(26)23-12-18-29(27,28)25-16-14-24(15-17-25)13-11-20-5-3-2-4-6-20/h2-10H,11-18H2,1H3,(H,23,26). The zero-order chi connectivity index (χ0) is 20.7. The van der Waals surface area contributed by atoms with Gasteiger partial charge in [0.25, 0.3) is 5.91 Å². The van der Waals surface area contributed by atoms with Crippen LogP contribution in [0.4, 0.5) is 0 Å². The lowest BCUT2D eigenvalue weighted by Crippen LogP contribution is -2.50. The van der Waals surface area contributed by atoms with Gasteiger partial charge in [0.15, 0.2) is 0 Å². The first-order chi connectivity index (χ1) is 13.9. The number of carbonyl (C=O) groups is 1. The second-order valence-electron chi connectivity index (χ2n) is 7.41. The normalized spacial score (nSPS) is 15.9. The summed E-state index contributed by atoms with van der Waals surface area (Å²) in [6.07, 6.45) is 0.971. The fourth-order valence-corrected chi connectivity index (χ4v) is 4.73. The van der Waals surface area contributed by atoms with Gasteiger partial charge in [-0.15, -0.1) is 0 Å². The van der Waals surface area contributed by atoms with Gasteiger partial charge in [0.1, 0.15) is 0 Å². The molecule has 156 valence electrons. The molecule has 0 unspecified atom stereocenters. The molecule has 1 heterocycles. The van der Waals surface area contributed by atoms with Gasteiger partial charge in [0, 0.05) is 44.8 Å². The number of nitrogens with zero attached hydrogens (tertiary/aromatic N) is 2. The molecule has 29 heavy (non-hydrogen) atoms. The van der Waals surface area contributed by atoms with Crippen LogP contribution in [-0.4, -0.2) is 68.6 Å². The molecule has 0 aliphatic carbocycles. The second kappa shape index (κ2) is 10.0. The number of rotatable bonds is 8. The monoisotopic (exact) mass is 415 g/mol. The van der Waals surface area contributed by atoms with Crippen molar-refractivity contribution in [3.8, 4) is 0 Å². The van der Waals surface area contributed by atoms with Gasteiger partial charge in [-0.25, -0.2) is 8.42 Å². The lowest BCUT2D eigenvalue weighted by Gasteiger charge is -2.34. The van der Waals surface area contributed by atoms with Gasteiger partial charge in [0.2, 0.25) is 10.0 Å². The molecule has 3 rings (SSSR count). The van der Waals surface area contributed by atoms with E-state index in [9.17, 15) is 13.2 Å². The minimum absolute atomic E-state index is 0.0748. The van der Waals surface area contributed by atoms with Gasteiger partial charge in [0.05, 0.1) is 5.75 Å². The van der Waals surface area contributed by atoms with E-state index >= 15 is 0 Å². The molecule has 1 saturated heterocycles. The number of benzene rings is 2. The van der Waals surface area contributed by atoms with E-state index in [1.54, 1.807) is 16.4 Å². The summed E-state index contributed by atoms with van der Waals surface area (Å²) < 4.78 is 26.7. The molecule has 1 N–H and O–H groups in total. The predicted octanol–water partition coefficient (Wildman–Crippen LogP) is 1.91. The molecule has 1 fully saturated rings. The second-order valence-corrected chi connectivity index (χ2v) is 9.50. The molecule has 0 aromatic heterocycles. The predicted molar refractivity (Wildman–Crippen MR) is 115 cm³/mol. The van der Waals surface area contributed by atoms with Gasteiger partial charge in [-0.05, 0) is 31.0 Å². The maximum absolute atomic E-state index is 12.6. The van der Waals surface area contributed by atoms with Gasteiger partial charge in [-0.3, -0.25) is 4.79 Å². The van der Waals surface area contributed by atoms with Crippen molar-refractivity contribution in [3.05, 3.63) is 71.3 Å². The molecule has 1 amide bonds. The molecule has 0 spiro atoms. The SMILES string of the molecule is Cc1ccc(C(=O)NCCS(=O)(=O)N2CCN(CCc3ccccc3)CC2)cc1. The molecular formula is C22H29N3O3S. The summed E-state index contributed by atoms with van der Waals surface area (Å²) in [6.45, 7) is 5.49. The molecule has 1 aliphatic rings. The Labute approximate surface area is 173 Å². The molecule has 0 atom stereocenters. The van der Waals surface area contributed by atoms with Crippen molar-refractivity contribution in [2.75, 3.05) is 45.0 Å². The molecule has 2 aromatic rings. The Morgan fingerprint density at radius 1 is 0.966 bits per heavy atom. The Bertz CT molecular complexity index is 891. The van der Waals surface area contributed by atoms with Crippen molar-refractivity contribution in [3.63, 3.8) is 0 Å². The van der Waals surface area contributed by atoms with Crippen molar-refractivity contribution >= 4 is 15.9 Å². The zero-order valence-corrected chi connectivity index (χ0v) is 17.7. The largest absolute Gasteiger partial charge is 0.351 e. The van der Waals surface area contributed by atoms with Crippen LogP contribution in [-0.2, 0) is 16.4 Å². The van der Waals surface area contributed by atoms with Crippen LogP contribution in [0.2, 0.25) is 0 Å². The summed E-state index contributed by atoms with van der Waals surface area (Å²) in [5.74, 6) is -0.319. The van der Waals surface area contributed by atoms with Crippen LogP contribution >= 0.6 is 0 Å². The Balaban J connectivity index is 1.40. The molecule has 1 aliphatic heterocycles. The minimum atomic E-state index is -3.37. The van der Waals surface area contributed by atoms with Gasteiger partial charge in [-0.1, -0.05) is 48.0 Å². The number of piperazine rings is 1. The van der Waals surface area contributed by atoms with E-state index in [1.165, 1.54) is 5.56 Å². The highest BCUT2D eigenvalue weighted by molar-refractivity contribution is 7.89. The number of aryl methyl sites for hydroxylation is 1. The van der Waals surface area contributed by atoms with E-state index in [1.807, 2.05) is 37.3 Å². The Hall–Kier alpha value is -2.22. The van der Waals surface area contributed by atoms with E-state index in [0.717, 1.165) is 31.6 Å². The highest BCUT2D eigenvalue weighted by Gasteiger charge is 2.26. The average molecular weight is 416 g/mol. The van der Waals surface area contributed by atoms with E-state index in [4.69, 9.17) is 0 Å². The number of hydrogen-bond donors (Lipinski definition) is 1. The summed E-state index contributed by atoms with van der Waals surface area (Å²) in [6, 6.07) is 17.5. The number of amides is 1. The number of hydrogen-bond acceptors (Lipinski definition) is 4. The third-order valence-corrected chi connectivity index (χ3v) is 7.12. The van der Waals surface area contributed by atoms with Gasteiger partial charge < -0.3 is 10.2 Å². The molecule has 0 saturated carbocycles. The van der Waals surface area contributed by atoms with Crippen molar-refractivity contribution in [1.82, 2.24) is 14.5 Å². The maximum atomic E-state index is 12.6. The molecular weight excluding hydrogens is 386 g/mol. The van der Waals surface area contributed by atoms with Crippen LogP contribution < -0.4 is 5.32 Å². The smallest absolute Gasteiger partial charge is 0.251 e. The number of sulfonamides is 1. The van der Waals surface area contributed by atoms with Crippen LogP contribution in [0.3, 0.4) is 0 Å². The van der Waals surface area contributed by atoms with Crippen molar-refractivity contribution in [1.29, 1.82) is 0 Å². The summed E-state index contributed by atoms with van der Waals surface area (Å²) in [4.78, 5) is 14.4. The maximum Gasteiger partial charge on any atom is 0.251 e. The number of carbonyl (C=O) groups excluding carboxylic acids is 1. The van der Waals surface area contributed by atoms with Gasteiger partial charge in [-0.2, -0.15) is 4.31 Å². The van der Waals surface area contributed by atoms with E-state index in [0.29, 0.717) is 18.7 Å². The molecule has 6 nitrogen and oxygen atoms in total. The van der Waals surface area contributed by atoms with E-state index < -0.39 is 10.0 Å². The van der Waals surface area contributed by atoms with Crippen molar-refractivity contribution in [2.45, 2.75) is 13.3 Å². The average Bonchev–Trinajstić information content (AvgIpc) is 2.73. The molecule has 7 heteroatoms. The van der Waals surface area contributed by atoms with Crippen LogP contribution in [0.25, 0.3) is 0 Å². The lowest BCUT2D eigenvalue weighted by atomic mass is 10.1. The third-order valence-electron chi connectivity index (χ3n) is 5.24. The summed E-state index contributed by atoms with van der Waals surface area (Å²) in [5, 5.41) is 2.71. The Morgan fingerprint density at radius 2 is 1.62 bits per heavy atom. The summed E-state index contributed by atoms with van der Waals surface area (Å²) in [7, 11) is -3.37. The van der Waals surface area contributed by atoms with Crippen molar-refractivity contribution in [2.24, 2.45) is 0 Å². The fraction of sp³-hybridized carbons (Fsp3) is 0.409. The summed E-state index contributed by atoms with van der Waals surface area (Å²) >= 11 is 0. The highest BCUT2D eigenvalue weighted by atomic mass is 32.2. The summed E-state index contributed by atoms with van der Waals surface area (Å²) in [5.41, 5.74) is 2.92. The first-order valence-corrected chi connectivity index (χ1v) is 11.6. The van der Waals surface area contributed by atoms with Crippen LogP contribution in [0, 0.1) is 6.92 Å². The van der Waals surface area contributed by atoms with E-state index in [2.05, 4.69) is 22.3 Å². The zero-order valence-electron chi connectivity index (χ0n) is 16.9. The quantitative estimate of drug-likeness (QED) is 0.715. The van der Waals surface area contributed by atoms with Crippen molar-refractivity contribution < 1.29 is 13.2 Å². The topological polar surface area (TPSA) is 69.7 Å². The Kier molecular flexibility index (Phi) is 7.41. The number of nitrogens with one attached hydrogen (secondary N) is 1. The fourth-order valence-electron chi connectivity index (χ4n) is 3.39. The highest BCUT2D eigenvalue weighted by Crippen LogP contribution is 2.10. The molecule has 0 bridgehead atoms. The van der Waals surface area contributed by atoms with E-state index in [-0.39, 0.29) is 18.2 Å². The van der Waals surface area contributed by atoms with Crippen LogP contribution in [0.15, 0.2) is 54.6 Å². The third kappa shape index (κ3) is 6.39. The minimum Gasteiger partial charge on any atom is -0.351 e. The van der Waals surface area contributed by atoms with Crippen LogP contribution in [0.1, 0.15) is 21.5 Å².